The van der Waals surface area contributed by atoms with Gasteiger partial charge in [-0.3, -0.25) is 4.90 Å². The van der Waals surface area contributed by atoms with Gasteiger partial charge in [0.2, 0.25) is 0 Å². The molecule has 0 atom stereocenters. The summed E-state index contributed by atoms with van der Waals surface area (Å²) in [5.41, 5.74) is 0. The first-order chi connectivity index (χ1) is 9.06. The second kappa shape index (κ2) is 6.63. The van der Waals surface area contributed by atoms with E-state index >= 15 is 0 Å². The van der Waals surface area contributed by atoms with Gasteiger partial charge in [-0.2, -0.15) is 0 Å². The Morgan fingerprint density at radius 1 is 1.32 bits per heavy atom. The van der Waals surface area contributed by atoms with Gasteiger partial charge >= 0.3 is 0 Å². The highest BCUT2D eigenvalue weighted by molar-refractivity contribution is 9.10. The maximum Gasteiger partial charge on any atom is 0.166 e. The molecule has 0 spiro atoms. The van der Waals surface area contributed by atoms with Crippen molar-refractivity contribution >= 4 is 21.7 Å². The largest absolute Gasteiger partial charge is 0.352 e. The standard InChI is InChI=1S/C13H20BrFN4/c1-17(2)3-4-18-5-7-19(8-6-18)13-12(15)9-11(14)10-16-13/h9-10H,3-8H2,1-2H3. The Morgan fingerprint density at radius 2 is 2.00 bits per heavy atom. The number of halogens is 2. The molecule has 1 aliphatic rings. The van der Waals surface area contributed by atoms with Crippen LogP contribution in [0, 0.1) is 5.82 Å². The lowest BCUT2D eigenvalue weighted by Gasteiger charge is -2.35. The van der Waals surface area contributed by atoms with Crippen molar-refractivity contribution in [2.75, 3.05) is 58.3 Å². The van der Waals surface area contributed by atoms with E-state index in [0.29, 0.717) is 10.3 Å². The van der Waals surface area contributed by atoms with E-state index < -0.39 is 0 Å². The molecule has 1 aromatic rings. The third-order valence-corrected chi connectivity index (χ3v) is 3.76. The van der Waals surface area contributed by atoms with Gasteiger partial charge in [0.25, 0.3) is 0 Å². The summed E-state index contributed by atoms with van der Waals surface area (Å²) in [6, 6.07) is 1.47. The van der Waals surface area contributed by atoms with Crippen molar-refractivity contribution in [2.24, 2.45) is 0 Å². The zero-order valence-corrected chi connectivity index (χ0v) is 13.0. The molecular formula is C13H20BrFN4. The van der Waals surface area contributed by atoms with Gasteiger partial charge in [-0.1, -0.05) is 0 Å². The van der Waals surface area contributed by atoms with Crippen LogP contribution in [0.2, 0.25) is 0 Å². The Hall–Kier alpha value is -0.720. The normalized spacial score (nSPS) is 17.2. The van der Waals surface area contributed by atoms with E-state index in [1.807, 2.05) is 4.90 Å². The van der Waals surface area contributed by atoms with Crippen LogP contribution in [0.4, 0.5) is 10.2 Å². The average molecular weight is 331 g/mol. The van der Waals surface area contributed by atoms with Crippen molar-refractivity contribution in [3.8, 4) is 0 Å². The molecule has 0 saturated carbocycles. The van der Waals surface area contributed by atoms with Crippen molar-refractivity contribution in [2.45, 2.75) is 0 Å². The van der Waals surface area contributed by atoms with Crippen LogP contribution in [0.15, 0.2) is 16.7 Å². The van der Waals surface area contributed by atoms with Crippen LogP contribution in [0.1, 0.15) is 0 Å². The SMILES string of the molecule is CN(C)CCN1CCN(c2ncc(Br)cc2F)CC1. The summed E-state index contributed by atoms with van der Waals surface area (Å²) in [4.78, 5) is 10.8. The lowest BCUT2D eigenvalue weighted by Crippen LogP contribution is -2.48. The highest BCUT2D eigenvalue weighted by atomic mass is 79.9. The monoisotopic (exact) mass is 330 g/mol. The molecule has 1 saturated heterocycles. The van der Waals surface area contributed by atoms with Gasteiger partial charge in [0, 0.05) is 49.9 Å². The van der Waals surface area contributed by atoms with Gasteiger partial charge in [0.1, 0.15) is 0 Å². The molecule has 0 radical (unpaired) electrons. The number of likely N-dealkylation sites (N-methyl/N-ethyl adjacent to an activating group) is 1. The van der Waals surface area contributed by atoms with Crippen LogP contribution >= 0.6 is 15.9 Å². The number of rotatable bonds is 4. The van der Waals surface area contributed by atoms with E-state index in [-0.39, 0.29) is 5.82 Å². The van der Waals surface area contributed by atoms with Crippen LogP contribution in [-0.4, -0.2) is 68.1 Å². The summed E-state index contributed by atoms with van der Waals surface area (Å²) in [6.45, 7) is 5.72. The number of piperazine rings is 1. The third kappa shape index (κ3) is 4.12. The molecule has 0 N–H and O–H groups in total. The minimum absolute atomic E-state index is 0.254. The summed E-state index contributed by atoms with van der Waals surface area (Å²) in [6.07, 6.45) is 1.65. The van der Waals surface area contributed by atoms with Gasteiger partial charge in [0.05, 0.1) is 0 Å². The fraction of sp³-hybridized carbons (Fsp3) is 0.615. The molecule has 0 bridgehead atoms. The van der Waals surface area contributed by atoms with Crippen LogP contribution in [0.3, 0.4) is 0 Å². The Kier molecular flexibility index (Phi) is 5.13. The molecule has 0 aromatic carbocycles. The number of hydrogen-bond acceptors (Lipinski definition) is 4. The molecule has 0 unspecified atom stereocenters. The topological polar surface area (TPSA) is 22.6 Å². The molecule has 1 fully saturated rings. The summed E-state index contributed by atoms with van der Waals surface area (Å²) in [5, 5.41) is 0. The van der Waals surface area contributed by atoms with Gasteiger partial charge in [-0.05, 0) is 36.1 Å². The summed E-state index contributed by atoms with van der Waals surface area (Å²) in [7, 11) is 4.16. The van der Waals surface area contributed by atoms with Gasteiger partial charge in [0.15, 0.2) is 11.6 Å². The van der Waals surface area contributed by atoms with Gasteiger partial charge < -0.3 is 9.80 Å². The van der Waals surface area contributed by atoms with E-state index in [0.717, 1.165) is 39.3 Å². The first-order valence-corrected chi connectivity index (χ1v) is 7.28. The Morgan fingerprint density at radius 3 is 2.58 bits per heavy atom. The third-order valence-electron chi connectivity index (χ3n) is 3.32. The van der Waals surface area contributed by atoms with Gasteiger partial charge in [-0.25, -0.2) is 9.37 Å². The zero-order chi connectivity index (χ0) is 13.8. The van der Waals surface area contributed by atoms with E-state index in [4.69, 9.17) is 0 Å². The quantitative estimate of drug-likeness (QED) is 0.837. The van der Waals surface area contributed by atoms with E-state index in [9.17, 15) is 4.39 Å². The highest BCUT2D eigenvalue weighted by Gasteiger charge is 2.20. The Labute approximate surface area is 122 Å². The van der Waals surface area contributed by atoms with Crippen molar-refractivity contribution in [1.29, 1.82) is 0 Å². The van der Waals surface area contributed by atoms with E-state index in [1.54, 1.807) is 6.20 Å². The maximum absolute atomic E-state index is 13.8. The molecule has 2 rings (SSSR count). The smallest absolute Gasteiger partial charge is 0.166 e. The zero-order valence-electron chi connectivity index (χ0n) is 11.4. The summed E-state index contributed by atoms with van der Waals surface area (Å²) < 4.78 is 14.5. The molecule has 2 heterocycles. The molecule has 19 heavy (non-hydrogen) atoms. The number of pyridine rings is 1. The average Bonchev–Trinajstić information content (AvgIpc) is 2.37. The molecule has 0 amide bonds. The van der Waals surface area contributed by atoms with Crippen molar-refractivity contribution in [3.05, 3.63) is 22.6 Å². The molecule has 0 aliphatic carbocycles. The summed E-state index contributed by atoms with van der Waals surface area (Å²) in [5.74, 6) is 0.214. The fourth-order valence-electron chi connectivity index (χ4n) is 2.16. The fourth-order valence-corrected chi connectivity index (χ4v) is 2.47. The first-order valence-electron chi connectivity index (χ1n) is 6.49. The molecule has 4 nitrogen and oxygen atoms in total. The Bertz CT molecular complexity index is 419. The lowest BCUT2D eigenvalue weighted by atomic mass is 10.3. The molecule has 1 aromatic heterocycles. The van der Waals surface area contributed by atoms with Crippen LogP contribution in [0.5, 0.6) is 0 Å². The second-order valence-electron chi connectivity index (χ2n) is 5.09. The lowest BCUT2D eigenvalue weighted by molar-refractivity contribution is 0.228. The molecule has 106 valence electrons. The molecule has 1 aliphatic heterocycles. The summed E-state index contributed by atoms with van der Waals surface area (Å²) >= 11 is 3.23. The number of anilines is 1. The second-order valence-corrected chi connectivity index (χ2v) is 6.01. The van der Waals surface area contributed by atoms with Crippen molar-refractivity contribution in [1.82, 2.24) is 14.8 Å². The van der Waals surface area contributed by atoms with E-state index in [2.05, 4.69) is 44.8 Å². The van der Waals surface area contributed by atoms with Crippen LogP contribution in [0.25, 0.3) is 0 Å². The number of nitrogens with zero attached hydrogens (tertiary/aromatic N) is 4. The van der Waals surface area contributed by atoms with E-state index in [1.165, 1.54) is 6.07 Å². The Balaban J connectivity index is 1.89. The van der Waals surface area contributed by atoms with Crippen LogP contribution < -0.4 is 4.90 Å². The maximum atomic E-state index is 13.8. The van der Waals surface area contributed by atoms with Crippen molar-refractivity contribution < 1.29 is 4.39 Å². The molecular weight excluding hydrogens is 311 g/mol. The van der Waals surface area contributed by atoms with Gasteiger partial charge in [-0.15, -0.1) is 0 Å². The minimum atomic E-state index is -0.254. The first kappa shape index (κ1) is 14.7. The predicted octanol–water partition coefficient (Wildman–Crippen LogP) is 1.67. The predicted molar refractivity (Wildman–Crippen MR) is 79.1 cm³/mol. The highest BCUT2D eigenvalue weighted by Crippen LogP contribution is 2.21. The van der Waals surface area contributed by atoms with Crippen molar-refractivity contribution in [3.63, 3.8) is 0 Å². The molecule has 6 heteroatoms. The van der Waals surface area contributed by atoms with Crippen LogP contribution in [-0.2, 0) is 0 Å². The minimum Gasteiger partial charge on any atom is -0.352 e. The number of hydrogen-bond donors (Lipinski definition) is 0. The number of aromatic nitrogens is 1.